The van der Waals surface area contributed by atoms with Crippen LogP contribution in [0.4, 0.5) is 11.4 Å². The minimum atomic E-state index is 0.0988. The van der Waals surface area contributed by atoms with Gasteiger partial charge in [0.1, 0.15) is 22.3 Å². The quantitative estimate of drug-likeness (QED) is 0.176. The third kappa shape index (κ3) is 5.15. The second kappa shape index (κ2) is 13.1. The summed E-state index contributed by atoms with van der Waals surface area (Å²) in [5, 5.41) is 8.95. The molecule has 3 aromatic heterocycles. The van der Waals surface area contributed by atoms with Crippen LogP contribution in [0.15, 0.2) is 197 Å². The maximum atomic E-state index is 6.92. The van der Waals surface area contributed by atoms with Crippen molar-refractivity contribution in [2.45, 2.75) is 12.0 Å². The molecule has 0 saturated heterocycles. The van der Waals surface area contributed by atoms with Crippen molar-refractivity contribution in [2.75, 3.05) is 4.90 Å². The zero-order valence-electron chi connectivity index (χ0n) is 33.7. The van der Waals surface area contributed by atoms with Gasteiger partial charge in [0.15, 0.2) is 17.5 Å². The Kier molecular flexibility index (Phi) is 7.13. The van der Waals surface area contributed by atoms with Gasteiger partial charge in [0.25, 0.3) is 0 Å². The molecule has 1 aliphatic heterocycles. The molecule has 0 radical (unpaired) electrons. The van der Waals surface area contributed by atoms with Gasteiger partial charge in [-0.3, -0.25) is 0 Å². The maximum Gasteiger partial charge on any atom is 0.164 e. The van der Waals surface area contributed by atoms with Crippen molar-refractivity contribution in [1.29, 1.82) is 0 Å². The highest BCUT2D eigenvalue weighted by Gasteiger charge is 2.42. The average molecular weight is 807 g/mol. The van der Waals surface area contributed by atoms with Crippen LogP contribution in [0.2, 0.25) is 0 Å². The fraction of sp³-hybridized carbons (Fsp3) is 0.0351. The molecule has 1 aliphatic carbocycles. The predicted molar refractivity (Wildman–Crippen MR) is 255 cm³/mol. The molecule has 2 aliphatic rings. The number of hydrogen-bond acceptors (Lipinski definition) is 6. The highest BCUT2D eigenvalue weighted by atomic mass is 16.3. The van der Waals surface area contributed by atoms with Crippen molar-refractivity contribution in [1.82, 2.24) is 15.0 Å². The lowest BCUT2D eigenvalue weighted by atomic mass is 9.81. The van der Waals surface area contributed by atoms with E-state index >= 15 is 0 Å². The van der Waals surface area contributed by atoms with Gasteiger partial charge in [0.05, 0.1) is 11.7 Å². The van der Waals surface area contributed by atoms with E-state index in [4.69, 9.17) is 23.8 Å². The minimum Gasteiger partial charge on any atom is -0.456 e. The lowest BCUT2D eigenvalue weighted by molar-refractivity contribution is 0.669. The first kappa shape index (κ1) is 34.4. The third-order valence-electron chi connectivity index (χ3n) is 13.2. The SMILES string of the molecule is C1=CC2C(c3ccccc31)c1cc3ccccc3cc1N2c1cc2c3ccc(-c4nc(-c5ccccc5)nc(-c5ccc6c(c5)oc5ccccc56)n4)cc3oc2c2ccccc12. The molecule has 12 aromatic rings. The molecule has 14 rings (SSSR count). The summed E-state index contributed by atoms with van der Waals surface area (Å²) in [6.07, 6.45) is 4.70. The van der Waals surface area contributed by atoms with E-state index < -0.39 is 0 Å². The van der Waals surface area contributed by atoms with Gasteiger partial charge in [0, 0.05) is 60.6 Å². The summed E-state index contributed by atoms with van der Waals surface area (Å²) < 4.78 is 13.2. The monoisotopic (exact) mass is 806 g/mol. The second-order valence-corrected chi connectivity index (χ2v) is 16.7. The number of benzene rings is 9. The fourth-order valence-corrected chi connectivity index (χ4v) is 10.3. The summed E-state index contributed by atoms with van der Waals surface area (Å²) >= 11 is 0. The molecule has 4 heterocycles. The molecule has 0 N–H and O–H groups in total. The zero-order valence-corrected chi connectivity index (χ0v) is 33.7. The summed E-state index contributed by atoms with van der Waals surface area (Å²) in [6.45, 7) is 0. The first-order chi connectivity index (χ1) is 31.2. The Morgan fingerprint density at radius 2 is 1.00 bits per heavy atom. The number of nitrogens with zero attached hydrogens (tertiary/aromatic N) is 4. The van der Waals surface area contributed by atoms with E-state index in [1.807, 2.05) is 54.6 Å². The molecule has 6 heteroatoms. The smallest absolute Gasteiger partial charge is 0.164 e. The molecule has 0 amide bonds. The highest BCUT2D eigenvalue weighted by Crippen LogP contribution is 2.54. The Morgan fingerprint density at radius 1 is 0.397 bits per heavy atom. The van der Waals surface area contributed by atoms with Crippen LogP contribution in [0.3, 0.4) is 0 Å². The van der Waals surface area contributed by atoms with Crippen molar-refractivity contribution in [3.8, 4) is 34.2 Å². The van der Waals surface area contributed by atoms with E-state index in [1.165, 1.54) is 33.2 Å². The van der Waals surface area contributed by atoms with Gasteiger partial charge >= 0.3 is 0 Å². The molecule has 2 atom stereocenters. The molecule has 0 bridgehead atoms. The highest BCUT2D eigenvalue weighted by molar-refractivity contribution is 6.20. The number of rotatable bonds is 4. The lowest BCUT2D eigenvalue weighted by Crippen LogP contribution is -2.30. The molecule has 294 valence electrons. The van der Waals surface area contributed by atoms with Gasteiger partial charge in [-0.25, -0.2) is 15.0 Å². The molecule has 6 nitrogen and oxygen atoms in total. The Balaban J connectivity index is 0.944. The number of aromatic nitrogens is 3. The summed E-state index contributed by atoms with van der Waals surface area (Å²) in [5.41, 5.74) is 12.3. The Hall–Kier alpha value is -8.35. The van der Waals surface area contributed by atoms with Crippen molar-refractivity contribution >= 4 is 82.9 Å². The van der Waals surface area contributed by atoms with Crippen LogP contribution >= 0.6 is 0 Å². The van der Waals surface area contributed by atoms with Gasteiger partial charge in [-0.15, -0.1) is 0 Å². The van der Waals surface area contributed by atoms with E-state index in [0.29, 0.717) is 17.5 Å². The van der Waals surface area contributed by atoms with Gasteiger partial charge < -0.3 is 13.7 Å². The normalized spacial score (nSPS) is 15.5. The van der Waals surface area contributed by atoms with Crippen molar-refractivity contribution < 1.29 is 8.83 Å². The van der Waals surface area contributed by atoms with E-state index in [9.17, 15) is 0 Å². The van der Waals surface area contributed by atoms with Gasteiger partial charge in [-0.05, 0) is 76.0 Å². The molecular formula is C57H34N4O2. The number of para-hydroxylation sites is 1. The van der Waals surface area contributed by atoms with Gasteiger partial charge in [-0.1, -0.05) is 146 Å². The van der Waals surface area contributed by atoms with E-state index in [-0.39, 0.29) is 12.0 Å². The van der Waals surface area contributed by atoms with Crippen LogP contribution in [0.1, 0.15) is 22.6 Å². The molecule has 9 aromatic carbocycles. The van der Waals surface area contributed by atoms with Crippen LogP contribution < -0.4 is 4.90 Å². The summed E-state index contributed by atoms with van der Waals surface area (Å²) in [7, 11) is 0. The number of fused-ring (bicyclic) bond motifs is 14. The third-order valence-corrected chi connectivity index (χ3v) is 13.2. The standard InChI is InChI=1S/C57H34N4O2/c1-2-13-34(14-3-1)55-58-56(37-22-25-42-41-19-10-11-21-50(41)62-51(42)30-37)60-57(59-55)38-23-26-43-45-32-49(40-18-8-9-20-44(40)54(45)63-52(43)31-38)61-47-27-24-33-12-6-7-17-39(33)53(47)46-28-35-15-4-5-16-36(35)29-48(46)61/h1-32,47,53H. The maximum absolute atomic E-state index is 6.92. The van der Waals surface area contributed by atoms with E-state index in [0.717, 1.165) is 77.0 Å². The Labute approximate surface area is 361 Å². The van der Waals surface area contributed by atoms with Crippen molar-refractivity contribution in [2.24, 2.45) is 0 Å². The minimum absolute atomic E-state index is 0.0988. The largest absolute Gasteiger partial charge is 0.456 e. The van der Waals surface area contributed by atoms with Crippen LogP contribution in [-0.4, -0.2) is 21.0 Å². The molecule has 63 heavy (non-hydrogen) atoms. The average Bonchev–Trinajstić information content (AvgIpc) is 4.02. The number of furan rings is 2. The fourth-order valence-electron chi connectivity index (χ4n) is 10.3. The van der Waals surface area contributed by atoms with E-state index in [1.54, 1.807) is 0 Å². The number of anilines is 2. The van der Waals surface area contributed by atoms with Gasteiger partial charge in [-0.2, -0.15) is 0 Å². The molecule has 2 unspecified atom stereocenters. The van der Waals surface area contributed by atoms with Crippen LogP contribution in [-0.2, 0) is 0 Å². The molecule has 0 saturated carbocycles. The van der Waals surface area contributed by atoms with Gasteiger partial charge in [0.2, 0.25) is 0 Å². The molecule has 0 fully saturated rings. The van der Waals surface area contributed by atoms with Crippen LogP contribution in [0.5, 0.6) is 0 Å². The summed E-state index contributed by atoms with van der Waals surface area (Å²) in [5.74, 6) is 1.92. The van der Waals surface area contributed by atoms with Crippen molar-refractivity contribution in [3.63, 3.8) is 0 Å². The lowest BCUT2D eigenvalue weighted by Gasteiger charge is -2.32. The molecular weight excluding hydrogens is 773 g/mol. The topological polar surface area (TPSA) is 68.2 Å². The van der Waals surface area contributed by atoms with E-state index in [2.05, 4.69) is 144 Å². The van der Waals surface area contributed by atoms with Crippen LogP contribution in [0, 0.1) is 0 Å². The predicted octanol–water partition coefficient (Wildman–Crippen LogP) is 14.7. The van der Waals surface area contributed by atoms with Crippen molar-refractivity contribution in [3.05, 3.63) is 205 Å². The molecule has 0 spiro atoms. The first-order valence-corrected chi connectivity index (χ1v) is 21.4. The first-order valence-electron chi connectivity index (χ1n) is 21.4. The summed E-state index contributed by atoms with van der Waals surface area (Å²) in [4.78, 5) is 17.8. The summed E-state index contributed by atoms with van der Waals surface area (Å²) in [6, 6.07) is 64.2. The second-order valence-electron chi connectivity index (χ2n) is 16.7. The Bertz CT molecular complexity index is 3900. The van der Waals surface area contributed by atoms with Crippen LogP contribution in [0.25, 0.3) is 106 Å². The number of hydrogen-bond donors (Lipinski definition) is 0. The zero-order chi connectivity index (χ0) is 41.2. The Morgan fingerprint density at radius 3 is 1.79 bits per heavy atom.